The molecule has 1 aliphatic rings. The average Bonchev–Trinajstić information content (AvgIpc) is 3.29. The van der Waals surface area contributed by atoms with Gasteiger partial charge in [-0.3, -0.25) is 0 Å². The lowest BCUT2D eigenvalue weighted by atomic mass is 10.1. The summed E-state index contributed by atoms with van der Waals surface area (Å²) in [5.41, 5.74) is 2.62. The van der Waals surface area contributed by atoms with E-state index in [1.165, 1.54) is 0 Å². The maximum absolute atomic E-state index is 5.44. The molecule has 3 heterocycles. The second-order valence-corrected chi connectivity index (χ2v) is 5.21. The molecule has 0 radical (unpaired) electrons. The molecule has 1 aromatic carbocycles. The minimum absolute atomic E-state index is 0.268. The van der Waals surface area contributed by atoms with Crippen molar-refractivity contribution >= 4 is 11.5 Å². The van der Waals surface area contributed by atoms with Crippen molar-refractivity contribution < 1.29 is 14.2 Å². The molecule has 0 bridgehead atoms. The number of anilines is 1. The second kappa shape index (κ2) is 6.11. The van der Waals surface area contributed by atoms with Crippen LogP contribution in [0.1, 0.15) is 0 Å². The zero-order valence-corrected chi connectivity index (χ0v) is 13.1. The molecule has 0 amide bonds. The monoisotopic (exact) mass is 324 g/mol. The normalized spacial score (nSPS) is 13.3. The van der Waals surface area contributed by atoms with Gasteiger partial charge in [0.05, 0.1) is 25.4 Å². The van der Waals surface area contributed by atoms with Crippen LogP contribution < -0.4 is 10.1 Å². The van der Waals surface area contributed by atoms with Crippen LogP contribution in [0.4, 0.5) is 5.82 Å². The van der Waals surface area contributed by atoms with Gasteiger partial charge >= 0.3 is 0 Å². The van der Waals surface area contributed by atoms with E-state index in [0.29, 0.717) is 6.54 Å². The number of aromatic nitrogens is 3. The Balaban J connectivity index is 1.68. The van der Waals surface area contributed by atoms with Crippen LogP contribution in [0.3, 0.4) is 0 Å². The fourth-order valence-electron chi connectivity index (χ4n) is 2.57. The third-order valence-corrected chi connectivity index (χ3v) is 3.74. The number of methoxy groups -OCH3 is 1. The van der Waals surface area contributed by atoms with Gasteiger partial charge in [0.1, 0.15) is 17.8 Å². The Morgan fingerprint density at radius 2 is 2.17 bits per heavy atom. The van der Waals surface area contributed by atoms with Crippen molar-refractivity contribution in [2.45, 2.75) is 0 Å². The van der Waals surface area contributed by atoms with E-state index in [9.17, 15) is 0 Å². The van der Waals surface area contributed by atoms with Crippen LogP contribution >= 0.6 is 0 Å². The van der Waals surface area contributed by atoms with E-state index < -0.39 is 0 Å². The molecule has 0 saturated carbocycles. The summed E-state index contributed by atoms with van der Waals surface area (Å²) in [6.07, 6.45) is 5.26. The highest BCUT2D eigenvalue weighted by Gasteiger charge is 2.13. The summed E-state index contributed by atoms with van der Waals surface area (Å²) in [6, 6.07) is 9.68. The third-order valence-electron chi connectivity index (χ3n) is 3.74. The molecule has 0 saturated heterocycles. The van der Waals surface area contributed by atoms with E-state index in [0.717, 1.165) is 34.1 Å². The van der Waals surface area contributed by atoms with Gasteiger partial charge in [0, 0.05) is 11.8 Å². The van der Waals surface area contributed by atoms with Crippen molar-refractivity contribution in [2.75, 3.05) is 25.8 Å². The largest absolute Gasteiger partial charge is 0.496 e. The summed E-state index contributed by atoms with van der Waals surface area (Å²) >= 11 is 0. The van der Waals surface area contributed by atoms with Crippen LogP contribution in [-0.4, -0.2) is 35.0 Å². The average molecular weight is 324 g/mol. The van der Waals surface area contributed by atoms with Gasteiger partial charge in [0.25, 0.3) is 0 Å². The lowest BCUT2D eigenvalue weighted by Crippen LogP contribution is -2.07. The van der Waals surface area contributed by atoms with E-state index >= 15 is 0 Å². The Labute approximate surface area is 138 Å². The van der Waals surface area contributed by atoms with E-state index in [-0.39, 0.29) is 6.79 Å². The van der Waals surface area contributed by atoms with Gasteiger partial charge in [-0.1, -0.05) is 18.2 Å². The number of rotatable bonds is 5. The maximum Gasteiger partial charge on any atom is 0.229 e. The molecule has 2 aromatic heterocycles. The zero-order chi connectivity index (χ0) is 16.4. The van der Waals surface area contributed by atoms with E-state index in [1.54, 1.807) is 24.1 Å². The van der Waals surface area contributed by atoms with Gasteiger partial charge < -0.3 is 19.5 Å². The number of nitrogens with one attached hydrogen (secondary N) is 1. The Hall–Kier alpha value is -3.22. The molecule has 0 unspecified atom stereocenters. The first-order valence-corrected chi connectivity index (χ1v) is 7.50. The highest BCUT2D eigenvalue weighted by molar-refractivity contribution is 5.81. The van der Waals surface area contributed by atoms with Gasteiger partial charge in [-0.05, 0) is 12.1 Å². The molecule has 7 nitrogen and oxygen atoms in total. The lowest BCUT2D eigenvalue weighted by Gasteiger charge is -2.08. The first-order valence-electron chi connectivity index (χ1n) is 7.50. The van der Waals surface area contributed by atoms with Gasteiger partial charge in [-0.25, -0.2) is 9.50 Å². The summed E-state index contributed by atoms with van der Waals surface area (Å²) in [6.45, 7) is 0.783. The lowest BCUT2D eigenvalue weighted by molar-refractivity contribution is 0.0805. The van der Waals surface area contributed by atoms with Crippen molar-refractivity contribution in [1.29, 1.82) is 0 Å². The van der Waals surface area contributed by atoms with Crippen LogP contribution in [0.15, 0.2) is 54.7 Å². The minimum atomic E-state index is 0.268. The first kappa shape index (κ1) is 14.4. The van der Waals surface area contributed by atoms with Gasteiger partial charge in [0.15, 0.2) is 11.4 Å². The Bertz CT molecular complexity index is 904. The van der Waals surface area contributed by atoms with E-state index in [1.807, 2.05) is 36.5 Å². The summed E-state index contributed by atoms with van der Waals surface area (Å²) in [5.74, 6) is 2.26. The van der Waals surface area contributed by atoms with E-state index in [2.05, 4.69) is 15.4 Å². The molecular weight excluding hydrogens is 308 g/mol. The van der Waals surface area contributed by atoms with Crippen molar-refractivity contribution in [2.24, 2.45) is 0 Å². The number of hydrogen-bond donors (Lipinski definition) is 1. The molecule has 0 aliphatic carbocycles. The smallest absolute Gasteiger partial charge is 0.229 e. The molecule has 4 rings (SSSR count). The number of benzene rings is 1. The van der Waals surface area contributed by atoms with Crippen LogP contribution in [-0.2, 0) is 9.47 Å². The highest BCUT2D eigenvalue weighted by atomic mass is 16.7. The van der Waals surface area contributed by atoms with Crippen LogP contribution in [0.25, 0.3) is 16.8 Å². The third kappa shape index (κ3) is 2.60. The summed E-state index contributed by atoms with van der Waals surface area (Å²) in [4.78, 5) is 4.66. The van der Waals surface area contributed by atoms with Crippen molar-refractivity contribution in [1.82, 2.24) is 14.6 Å². The number of nitrogens with zero attached hydrogens (tertiary/aromatic N) is 3. The molecule has 1 N–H and O–H groups in total. The van der Waals surface area contributed by atoms with Crippen LogP contribution in [0.5, 0.6) is 5.75 Å². The molecule has 122 valence electrons. The predicted octanol–water partition coefficient (Wildman–Crippen LogP) is 2.66. The maximum atomic E-state index is 5.44. The minimum Gasteiger partial charge on any atom is -0.496 e. The molecule has 0 fully saturated rings. The molecule has 24 heavy (non-hydrogen) atoms. The van der Waals surface area contributed by atoms with Crippen molar-refractivity contribution in [3.63, 3.8) is 0 Å². The Morgan fingerprint density at radius 1 is 1.25 bits per heavy atom. The quantitative estimate of drug-likeness (QED) is 0.778. The van der Waals surface area contributed by atoms with Crippen LogP contribution in [0.2, 0.25) is 0 Å². The standard InChI is InChI=1S/C17H16N4O3/c1-22-15-5-3-2-4-13(15)14-9-19-21-7-6-16(20-17(14)21)18-8-12-10-23-11-24-12/h2-7,9-10H,8,11H2,1H3,(H,18,20). The molecule has 7 heteroatoms. The summed E-state index contributed by atoms with van der Waals surface area (Å²) < 4.78 is 17.5. The van der Waals surface area contributed by atoms with Crippen molar-refractivity contribution in [3.8, 4) is 16.9 Å². The summed E-state index contributed by atoms with van der Waals surface area (Å²) in [7, 11) is 1.66. The first-order chi connectivity index (χ1) is 11.8. The molecule has 3 aromatic rings. The number of fused-ring (bicyclic) bond motifs is 1. The Kier molecular flexibility index (Phi) is 3.66. The number of para-hydroxylation sites is 1. The van der Waals surface area contributed by atoms with Crippen molar-refractivity contribution in [3.05, 3.63) is 54.7 Å². The SMILES string of the molecule is COc1ccccc1-c1cnn2ccc(NCC3=COCO3)nc12. The van der Waals surface area contributed by atoms with Crippen LogP contribution in [0, 0.1) is 0 Å². The molecule has 1 aliphatic heterocycles. The topological polar surface area (TPSA) is 69.9 Å². The molecule has 0 spiro atoms. The molecular formula is C17H16N4O3. The Morgan fingerprint density at radius 3 is 3.00 bits per heavy atom. The van der Waals surface area contributed by atoms with Gasteiger partial charge in [-0.15, -0.1) is 0 Å². The number of ether oxygens (including phenoxy) is 3. The zero-order valence-electron chi connectivity index (χ0n) is 13.1. The van der Waals surface area contributed by atoms with Gasteiger partial charge in [-0.2, -0.15) is 5.10 Å². The predicted molar refractivity (Wildman–Crippen MR) is 88.6 cm³/mol. The summed E-state index contributed by atoms with van der Waals surface area (Å²) in [5, 5.41) is 7.58. The second-order valence-electron chi connectivity index (χ2n) is 5.21. The fraction of sp³-hybridized carbons (Fsp3) is 0.176. The number of hydrogen-bond acceptors (Lipinski definition) is 6. The van der Waals surface area contributed by atoms with Gasteiger partial charge in [0.2, 0.25) is 6.79 Å². The molecule has 0 atom stereocenters. The van der Waals surface area contributed by atoms with E-state index in [4.69, 9.17) is 14.2 Å². The highest BCUT2D eigenvalue weighted by Crippen LogP contribution is 2.32. The fourth-order valence-corrected chi connectivity index (χ4v) is 2.57.